The van der Waals surface area contributed by atoms with Gasteiger partial charge in [-0.2, -0.15) is 5.10 Å². The van der Waals surface area contributed by atoms with Crippen molar-refractivity contribution in [2.45, 2.75) is 19.8 Å². The van der Waals surface area contributed by atoms with E-state index in [4.69, 9.17) is 22.7 Å². The largest absolute Gasteiger partial charge is 0.492 e. The molecule has 104 valence electrons. The van der Waals surface area contributed by atoms with E-state index < -0.39 is 0 Å². The van der Waals surface area contributed by atoms with E-state index in [1.54, 1.807) is 6.21 Å². The molecule has 0 spiro atoms. The number of ether oxygens (including phenoxy) is 1. The lowest BCUT2D eigenvalue weighted by Gasteiger charge is -2.11. The zero-order valence-corrected chi connectivity index (χ0v) is 15.0. The zero-order valence-electron chi connectivity index (χ0n) is 10.5. The van der Waals surface area contributed by atoms with Gasteiger partial charge in [-0.3, -0.25) is 5.43 Å². The molecule has 0 fully saturated rings. The van der Waals surface area contributed by atoms with Crippen molar-refractivity contribution >= 4 is 62.1 Å². The molecule has 0 aromatic heterocycles. The third kappa shape index (κ3) is 6.05. The number of halogens is 2. The van der Waals surface area contributed by atoms with Gasteiger partial charge in [-0.25, -0.2) is 0 Å². The molecule has 0 saturated heterocycles. The predicted octanol–water partition coefficient (Wildman–Crippen LogP) is 3.40. The fourth-order valence-corrected chi connectivity index (χ4v) is 3.07. The molecule has 0 aliphatic rings. The van der Waals surface area contributed by atoms with Crippen LogP contribution in [0, 0.1) is 3.57 Å². The molecule has 4 nitrogen and oxygen atoms in total. The third-order valence-corrected chi connectivity index (χ3v) is 3.51. The highest BCUT2D eigenvalue weighted by Gasteiger charge is 2.08. The number of thiocarbonyl (C=S) groups is 1. The summed E-state index contributed by atoms with van der Waals surface area (Å²) < 4.78 is 7.81. The molecule has 1 aromatic rings. The molecule has 0 atom stereocenters. The summed E-state index contributed by atoms with van der Waals surface area (Å²) in [4.78, 5) is 0. The monoisotopic (exact) mass is 455 g/mol. The van der Waals surface area contributed by atoms with E-state index in [9.17, 15) is 0 Å². The van der Waals surface area contributed by atoms with Crippen LogP contribution in [0.1, 0.15) is 25.3 Å². The second kappa shape index (κ2) is 8.70. The normalized spacial score (nSPS) is 10.7. The van der Waals surface area contributed by atoms with E-state index in [1.807, 2.05) is 12.1 Å². The number of nitrogens with zero attached hydrogens (tertiary/aromatic N) is 1. The smallest absolute Gasteiger partial charge is 0.184 e. The van der Waals surface area contributed by atoms with Crippen molar-refractivity contribution in [2.75, 3.05) is 6.61 Å². The first kappa shape index (κ1) is 16.6. The fraction of sp³-hybridized carbons (Fsp3) is 0.333. The summed E-state index contributed by atoms with van der Waals surface area (Å²) in [5.41, 5.74) is 8.72. The Labute approximate surface area is 140 Å². The Hall–Kier alpha value is -0.410. The molecule has 0 aliphatic heterocycles. The lowest BCUT2D eigenvalue weighted by molar-refractivity contribution is 0.307. The van der Waals surface area contributed by atoms with Crippen molar-refractivity contribution < 1.29 is 4.74 Å². The summed E-state index contributed by atoms with van der Waals surface area (Å²) in [6.07, 6.45) is 3.76. The highest BCUT2D eigenvalue weighted by molar-refractivity contribution is 14.1. The molecule has 0 bridgehead atoms. The van der Waals surface area contributed by atoms with Crippen LogP contribution in [0.2, 0.25) is 0 Å². The molecule has 1 aromatic carbocycles. The first-order valence-electron chi connectivity index (χ1n) is 5.75. The molecule has 0 amide bonds. The number of nitrogens with one attached hydrogen (secondary N) is 1. The first-order valence-corrected chi connectivity index (χ1v) is 8.03. The van der Waals surface area contributed by atoms with Gasteiger partial charge in [0.05, 0.1) is 16.4 Å². The van der Waals surface area contributed by atoms with Crippen LogP contribution in [0.3, 0.4) is 0 Å². The molecular weight excluding hydrogens is 441 g/mol. The highest BCUT2D eigenvalue weighted by atomic mass is 127. The number of rotatable bonds is 6. The number of hydrogen-bond donors (Lipinski definition) is 2. The van der Waals surface area contributed by atoms with Crippen LogP contribution < -0.4 is 15.9 Å². The standard InChI is InChI=1S/C12H15BrIN3OS/c1-2-3-4-18-11-8(7-16-17-12(15)19)5-9(13)6-10(11)14/h5-7H,2-4H2,1H3,(H3,15,17,19). The molecule has 0 aliphatic carbocycles. The Morgan fingerprint density at radius 1 is 1.63 bits per heavy atom. The van der Waals surface area contributed by atoms with Gasteiger partial charge in [-0.05, 0) is 53.4 Å². The Kier molecular flexibility index (Phi) is 7.62. The molecule has 19 heavy (non-hydrogen) atoms. The summed E-state index contributed by atoms with van der Waals surface area (Å²) in [6, 6.07) is 3.94. The van der Waals surface area contributed by atoms with Gasteiger partial charge in [0.15, 0.2) is 5.11 Å². The van der Waals surface area contributed by atoms with E-state index in [2.05, 4.69) is 56.0 Å². The van der Waals surface area contributed by atoms with Gasteiger partial charge in [0.1, 0.15) is 5.75 Å². The van der Waals surface area contributed by atoms with E-state index in [0.717, 1.165) is 32.2 Å². The Morgan fingerprint density at radius 2 is 2.37 bits per heavy atom. The van der Waals surface area contributed by atoms with Gasteiger partial charge >= 0.3 is 0 Å². The summed E-state index contributed by atoms with van der Waals surface area (Å²) in [7, 11) is 0. The van der Waals surface area contributed by atoms with Crippen molar-refractivity contribution in [2.24, 2.45) is 10.8 Å². The SMILES string of the molecule is CCCCOc1c(I)cc(Br)cc1C=NNC(N)=S. The highest BCUT2D eigenvalue weighted by Crippen LogP contribution is 2.29. The Balaban J connectivity index is 2.92. The van der Waals surface area contributed by atoms with Gasteiger partial charge in [0.2, 0.25) is 0 Å². The second-order valence-electron chi connectivity index (χ2n) is 3.74. The maximum atomic E-state index is 5.81. The van der Waals surface area contributed by atoms with E-state index >= 15 is 0 Å². The van der Waals surface area contributed by atoms with Gasteiger partial charge in [0, 0.05) is 10.0 Å². The first-order chi connectivity index (χ1) is 9.04. The summed E-state index contributed by atoms with van der Waals surface area (Å²) in [6.45, 7) is 2.82. The average molecular weight is 456 g/mol. The second-order valence-corrected chi connectivity index (χ2v) is 6.26. The molecule has 0 heterocycles. The van der Waals surface area contributed by atoms with Crippen LogP contribution in [0.25, 0.3) is 0 Å². The minimum absolute atomic E-state index is 0.134. The average Bonchev–Trinajstić information content (AvgIpc) is 2.32. The van der Waals surface area contributed by atoms with Crippen LogP contribution in [0.15, 0.2) is 21.7 Å². The molecule has 1 rings (SSSR count). The number of hydrogen-bond acceptors (Lipinski definition) is 3. The molecule has 7 heteroatoms. The maximum Gasteiger partial charge on any atom is 0.184 e. The zero-order chi connectivity index (χ0) is 14.3. The van der Waals surface area contributed by atoms with Crippen molar-refractivity contribution in [1.82, 2.24) is 5.43 Å². The Bertz CT molecular complexity index is 482. The maximum absolute atomic E-state index is 5.81. The lowest BCUT2D eigenvalue weighted by atomic mass is 10.2. The Morgan fingerprint density at radius 3 is 3.00 bits per heavy atom. The summed E-state index contributed by atoms with van der Waals surface area (Å²) >= 11 is 10.4. The van der Waals surface area contributed by atoms with E-state index in [-0.39, 0.29) is 5.11 Å². The van der Waals surface area contributed by atoms with Gasteiger partial charge < -0.3 is 10.5 Å². The van der Waals surface area contributed by atoms with Crippen LogP contribution in [0.4, 0.5) is 0 Å². The number of benzene rings is 1. The van der Waals surface area contributed by atoms with Crippen LogP contribution in [-0.2, 0) is 0 Å². The van der Waals surface area contributed by atoms with Crippen LogP contribution >= 0.6 is 50.7 Å². The van der Waals surface area contributed by atoms with E-state index in [1.165, 1.54) is 0 Å². The third-order valence-electron chi connectivity index (χ3n) is 2.16. The minimum atomic E-state index is 0.134. The van der Waals surface area contributed by atoms with Crippen LogP contribution in [0.5, 0.6) is 5.75 Å². The molecule has 0 unspecified atom stereocenters. The molecule has 0 radical (unpaired) electrons. The number of hydrazone groups is 1. The van der Waals surface area contributed by atoms with Gasteiger partial charge in [0.25, 0.3) is 0 Å². The molecule has 3 N–H and O–H groups in total. The molecule has 0 saturated carbocycles. The van der Waals surface area contributed by atoms with Crippen molar-refractivity contribution in [3.05, 3.63) is 25.7 Å². The lowest BCUT2D eigenvalue weighted by Crippen LogP contribution is -2.24. The summed E-state index contributed by atoms with van der Waals surface area (Å²) in [5.74, 6) is 0.825. The molecular formula is C12H15BrIN3OS. The van der Waals surface area contributed by atoms with Crippen molar-refractivity contribution in [3.63, 3.8) is 0 Å². The van der Waals surface area contributed by atoms with Crippen LogP contribution in [-0.4, -0.2) is 17.9 Å². The predicted molar refractivity (Wildman–Crippen MR) is 94.8 cm³/mol. The quantitative estimate of drug-likeness (QED) is 0.227. The number of nitrogens with two attached hydrogens (primary N) is 1. The van der Waals surface area contributed by atoms with Crippen molar-refractivity contribution in [1.29, 1.82) is 0 Å². The topological polar surface area (TPSA) is 59.6 Å². The minimum Gasteiger partial charge on any atom is -0.492 e. The van der Waals surface area contributed by atoms with Gasteiger partial charge in [-0.15, -0.1) is 0 Å². The van der Waals surface area contributed by atoms with E-state index in [0.29, 0.717) is 6.61 Å². The van der Waals surface area contributed by atoms with Gasteiger partial charge in [-0.1, -0.05) is 29.3 Å². The summed E-state index contributed by atoms with van der Waals surface area (Å²) in [5, 5.41) is 4.10. The van der Waals surface area contributed by atoms with Crippen molar-refractivity contribution in [3.8, 4) is 5.75 Å². The number of unbranched alkanes of at least 4 members (excludes halogenated alkanes) is 1. The fourth-order valence-electron chi connectivity index (χ4n) is 1.31.